The molecule has 0 bridgehead atoms. The van der Waals surface area contributed by atoms with Gasteiger partial charge in [0.25, 0.3) is 5.56 Å². The monoisotopic (exact) mass is 380 g/mol. The SMILES string of the molecule is Cc1nc2c(-c3ccccc3)c[nH]n2c(=O)c1CCC(=O)N1CCOC[C@@H]1C. The first-order valence-corrected chi connectivity index (χ1v) is 9.58. The molecule has 1 amide bonds. The minimum absolute atomic E-state index is 0.0520. The highest BCUT2D eigenvalue weighted by atomic mass is 16.5. The van der Waals surface area contributed by atoms with Gasteiger partial charge in [-0.3, -0.25) is 14.7 Å². The molecule has 1 atom stereocenters. The standard InChI is InChI=1S/C21H24N4O3/c1-14-13-28-11-10-24(14)19(26)9-8-17-15(2)23-20-18(12-22-25(20)21(17)27)16-6-4-3-5-7-16/h3-7,12,14,22H,8-11,13H2,1-2H3/t14-/m0/s1. The fourth-order valence-electron chi connectivity index (χ4n) is 3.75. The summed E-state index contributed by atoms with van der Waals surface area (Å²) in [5.41, 5.74) is 3.58. The van der Waals surface area contributed by atoms with Crippen LogP contribution in [0.4, 0.5) is 0 Å². The van der Waals surface area contributed by atoms with Gasteiger partial charge in [0.1, 0.15) is 0 Å². The zero-order chi connectivity index (χ0) is 19.7. The quantitative estimate of drug-likeness (QED) is 0.752. The maximum atomic E-state index is 13.0. The van der Waals surface area contributed by atoms with Crippen molar-refractivity contribution >= 4 is 11.6 Å². The molecule has 3 aromatic rings. The van der Waals surface area contributed by atoms with Gasteiger partial charge in [0.2, 0.25) is 5.91 Å². The molecule has 4 rings (SSSR count). The zero-order valence-corrected chi connectivity index (χ0v) is 16.1. The lowest BCUT2D eigenvalue weighted by Crippen LogP contribution is -2.47. The Kier molecular flexibility index (Phi) is 5.00. The minimum atomic E-state index is -0.146. The van der Waals surface area contributed by atoms with E-state index in [1.807, 2.05) is 49.1 Å². The molecule has 0 aliphatic carbocycles. The van der Waals surface area contributed by atoms with E-state index < -0.39 is 0 Å². The third-order valence-electron chi connectivity index (χ3n) is 5.32. The molecule has 2 aromatic heterocycles. The molecule has 3 heterocycles. The number of carbonyl (C=O) groups excluding carboxylic acids is 1. The van der Waals surface area contributed by atoms with Crippen LogP contribution in [0.15, 0.2) is 41.3 Å². The number of aryl methyl sites for hydroxylation is 1. The molecule has 146 valence electrons. The van der Waals surface area contributed by atoms with Crippen LogP contribution in [0.3, 0.4) is 0 Å². The van der Waals surface area contributed by atoms with Crippen LogP contribution >= 0.6 is 0 Å². The maximum absolute atomic E-state index is 13.0. The Morgan fingerprint density at radius 3 is 2.86 bits per heavy atom. The Labute approximate surface area is 162 Å². The summed E-state index contributed by atoms with van der Waals surface area (Å²) in [5.74, 6) is 0.0520. The fourth-order valence-corrected chi connectivity index (χ4v) is 3.75. The van der Waals surface area contributed by atoms with Gasteiger partial charge in [0.15, 0.2) is 5.65 Å². The number of morpholine rings is 1. The predicted molar refractivity (Wildman–Crippen MR) is 106 cm³/mol. The second-order valence-corrected chi connectivity index (χ2v) is 7.20. The van der Waals surface area contributed by atoms with Gasteiger partial charge < -0.3 is 9.64 Å². The van der Waals surface area contributed by atoms with Gasteiger partial charge in [-0.2, -0.15) is 0 Å². The molecule has 7 heteroatoms. The van der Waals surface area contributed by atoms with Crippen LogP contribution < -0.4 is 5.56 Å². The van der Waals surface area contributed by atoms with Crippen LogP contribution in [0.1, 0.15) is 24.6 Å². The summed E-state index contributed by atoms with van der Waals surface area (Å²) >= 11 is 0. The first-order chi connectivity index (χ1) is 13.6. The fraction of sp³-hybridized carbons (Fsp3) is 0.381. The summed E-state index contributed by atoms with van der Waals surface area (Å²) in [5, 5.41) is 3.01. The third kappa shape index (κ3) is 3.33. The van der Waals surface area contributed by atoms with Crippen molar-refractivity contribution in [2.45, 2.75) is 32.7 Å². The van der Waals surface area contributed by atoms with Gasteiger partial charge in [-0.05, 0) is 25.8 Å². The average Bonchev–Trinajstić information content (AvgIpc) is 3.12. The summed E-state index contributed by atoms with van der Waals surface area (Å²) < 4.78 is 6.85. The summed E-state index contributed by atoms with van der Waals surface area (Å²) in [6.07, 6.45) is 2.46. The van der Waals surface area contributed by atoms with Crippen LogP contribution in [0, 0.1) is 6.92 Å². The van der Waals surface area contributed by atoms with Gasteiger partial charge in [-0.25, -0.2) is 9.50 Å². The van der Waals surface area contributed by atoms with E-state index in [0.29, 0.717) is 49.5 Å². The Balaban J connectivity index is 1.60. The van der Waals surface area contributed by atoms with Crippen molar-refractivity contribution in [3.63, 3.8) is 0 Å². The number of hydrogen-bond donors (Lipinski definition) is 1. The maximum Gasteiger partial charge on any atom is 0.276 e. The first kappa shape index (κ1) is 18.4. The lowest BCUT2D eigenvalue weighted by molar-refractivity contribution is -0.139. The molecule has 28 heavy (non-hydrogen) atoms. The summed E-state index contributed by atoms with van der Waals surface area (Å²) in [6.45, 7) is 5.54. The largest absolute Gasteiger partial charge is 0.377 e. The number of fused-ring (bicyclic) bond motifs is 1. The van der Waals surface area contributed by atoms with Gasteiger partial charge in [-0.15, -0.1) is 0 Å². The lowest BCUT2D eigenvalue weighted by atomic mass is 10.1. The number of benzene rings is 1. The number of aromatic nitrogens is 3. The molecule has 1 saturated heterocycles. The first-order valence-electron chi connectivity index (χ1n) is 9.58. The van der Waals surface area contributed by atoms with Gasteiger partial charge in [-0.1, -0.05) is 30.3 Å². The molecular formula is C21H24N4O3. The summed E-state index contributed by atoms with van der Waals surface area (Å²) in [4.78, 5) is 32.1. The van der Waals surface area contributed by atoms with E-state index in [1.165, 1.54) is 4.52 Å². The van der Waals surface area contributed by atoms with E-state index in [4.69, 9.17) is 4.74 Å². The van der Waals surface area contributed by atoms with Crippen LogP contribution in [-0.4, -0.2) is 51.2 Å². The van der Waals surface area contributed by atoms with Crippen LogP contribution in [0.25, 0.3) is 16.8 Å². The summed E-state index contributed by atoms with van der Waals surface area (Å²) in [7, 11) is 0. The number of rotatable bonds is 4. The highest BCUT2D eigenvalue weighted by Crippen LogP contribution is 2.23. The highest BCUT2D eigenvalue weighted by Gasteiger charge is 2.24. The Morgan fingerprint density at radius 1 is 1.32 bits per heavy atom. The Bertz CT molecular complexity index is 1050. The minimum Gasteiger partial charge on any atom is -0.377 e. The number of H-pyrrole nitrogens is 1. The van der Waals surface area contributed by atoms with E-state index in [-0.39, 0.29) is 17.5 Å². The number of nitrogens with zero attached hydrogens (tertiary/aromatic N) is 3. The van der Waals surface area contributed by atoms with Crippen molar-refractivity contribution in [1.82, 2.24) is 19.5 Å². The molecular weight excluding hydrogens is 356 g/mol. The molecule has 1 aromatic carbocycles. The number of aromatic amines is 1. The molecule has 1 aliphatic rings. The number of carbonyl (C=O) groups is 1. The number of hydrogen-bond acceptors (Lipinski definition) is 4. The van der Waals surface area contributed by atoms with Crippen molar-refractivity contribution in [3.05, 3.63) is 58.1 Å². The topological polar surface area (TPSA) is 79.7 Å². The van der Waals surface area contributed by atoms with E-state index in [9.17, 15) is 9.59 Å². The van der Waals surface area contributed by atoms with E-state index in [0.717, 1.165) is 11.1 Å². The van der Waals surface area contributed by atoms with Crippen LogP contribution in [0.2, 0.25) is 0 Å². The molecule has 0 saturated carbocycles. The van der Waals surface area contributed by atoms with Crippen molar-refractivity contribution in [1.29, 1.82) is 0 Å². The molecule has 7 nitrogen and oxygen atoms in total. The number of amides is 1. The van der Waals surface area contributed by atoms with Crippen LogP contribution in [0.5, 0.6) is 0 Å². The smallest absolute Gasteiger partial charge is 0.276 e. The van der Waals surface area contributed by atoms with Crippen molar-refractivity contribution in [2.75, 3.05) is 19.8 Å². The molecule has 1 aliphatic heterocycles. The Morgan fingerprint density at radius 2 is 2.11 bits per heavy atom. The molecule has 0 spiro atoms. The van der Waals surface area contributed by atoms with Crippen molar-refractivity contribution in [3.8, 4) is 11.1 Å². The van der Waals surface area contributed by atoms with Crippen molar-refractivity contribution in [2.24, 2.45) is 0 Å². The Hall–Kier alpha value is -2.93. The van der Waals surface area contributed by atoms with Crippen molar-refractivity contribution < 1.29 is 9.53 Å². The average molecular weight is 380 g/mol. The van der Waals surface area contributed by atoms with Gasteiger partial charge in [0.05, 0.1) is 19.3 Å². The van der Waals surface area contributed by atoms with E-state index >= 15 is 0 Å². The molecule has 1 fully saturated rings. The predicted octanol–water partition coefficient (Wildman–Crippen LogP) is 2.18. The normalized spacial score (nSPS) is 17.2. The van der Waals surface area contributed by atoms with Crippen LogP contribution in [-0.2, 0) is 16.0 Å². The van der Waals surface area contributed by atoms with Gasteiger partial charge in [0, 0.05) is 36.0 Å². The third-order valence-corrected chi connectivity index (χ3v) is 5.32. The second kappa shape index (κ2) is 7.59. The number of ether oxygens (including phenoxy) is 1. The molecule has 1 N–H and O–H groups in total. The van der Waals surface area contributed by atoms with Gasteiger partial charge >= 0.3 is 0 Å². The van der Waals surface area contributed by atoms with E-state index in [1.54, 1.807) is 6.20 Å². The number of nitrogens with one attached hydrogen (secondary N) is 1. The van der Waals surface area contributed by atoms with E-state index in [2.05, 4.69) is 10.1 Å². The summed E-state index contributed by atoms with van der Waals surface area (Å²) in [6, 6.07) is 9.91. The lowest BCUT2D eigenvalue weighted by Gasteiger charge is -2.33. The second-order valence-electron chi connectivity index (χ2n) is 7.20. The highest BCUT2D eigenvalue weighted by molar-refractivity contribution is 5.78. The molecule has 0 unspecified atom stereocenters. The molecule has 0 radical (unpaired) electrons. The zero-order valence-electron chi connectivity index (χ0n) is 16.1.